The Morgan fingerprint density at radius 3 is 2.61 bits per heavy atom. The van der Waals surface area contributed by atoms with E-state index < -0.39 is 40.4 Å². The molecule has 0 unspecified atom stereocenters. The lowest BCUT2D eigenvalue weighted by atomic mass is 10.0. The lowest BCUT2D eigenvalue weighted by molar-refractivity contribution is -0.142. The first-order chi connectivity index (χ1) is 24.3. The van der Waals surface area contributed by atoms with Crippen molar-refractivity contribution in [1.29, 1.82) is 0 Å². The Hall–Kier alpha value is -5.99. The first kappa shape index (κ1) is 33.5. The van der Waals surface area contributed by atoms with Gasteiger partial charge in [0.05, 0.1) is 23.2 Å². The molecule has 4 heterocycles. The predicted molar refractivity (Wildman–Crippen MR) is 181 cm³/mol. The summed E-state index contributed by atoms with van der Waals surface area (Å²) in [5, 5.41) is 11.6. The maximum Gasteiger partial charge on any atom is 0.408 e. The average molecular weight is 716 g/mol. The highest BCUT2D eigenvalue weighted by atomic mass is 32.2. The molecule has 1 aliphatic rings. The van der Waals surface area contributed by atoms with Crippen LogP contribution in [0.3, 0.4) is 0 Å². The van der Waals surface area contributed by atoms with Gasteiger partial charge in [0.2, 0.25) is 0 Å². The lowest BCUT2D eigenvalue weighted by Crippen LogP contribution is -2.34. The summed E-state index contributed by atoms with van der Waals surface area (Å²) in [6.45, 7) is 0.419. The van der Waals surface area contributed by atoms with E-state index in [1.807, 2.05) is 0 Å². The minimum Gasteiger partial charge on any atom is -0.344 e. The molecule has 2 aromatic carbocycles. The molecule has 51 heavy (non-hydrogen) atoms. The van der Waals surface area contributed by atoms with Gasteiger partial charge in [0.25, 0.3) is 11.5 Å². The molecule has 0 spiro atoms. The van der Waals surface area contributed by atoms with E-state index in [2.05, 4.69) is 41.8 Å². The summed E-state index contributed by atoms with van der Waals surface area (Å²) in [6.07, 6.45) is 2.34. The van der Waals surface area contributed by atoms with E-state index in [9.17, 15) is 31.2 Å². The van der Waals surface area contributed by atoms with Crippen molar-refractivity contribution in [2.45, 2.75) is 44.6 Å². The van der Waals surface area contributed by atoms with Gasteiger partial charge in [-0.05, 0) is 55.5 Å². The van der Waals surface area contributed by atoms with Crippen molar-refractivity contribution in [2.75, 3.05) is 4.72 Å². The number of fused-ring (bicyclic) bond motifs is 2. The van der Waals surface area contributed by atoms with E-state index in [-0.39, 0.29) is 34.0 Å². The number of rotatable bonds is 9. The van der Waals surface area contributed by atoms with Crippen LogP contribution in [0, 0.1) is 11.8 Å². The van der Waals surface area contributed by atoms with Gasteiger partial charge in [-0.15, -0.1) is 5.10 Å². The molecule has 1 atom stereocenters. The zero-order valence-electron chi connectivity index (χ0n) is 26.7. The Bertz CT molecular complexity index is 2530. The van der Waals surface area contributed by atoms with Crippen molar-refractivity contribution < 1.29 is 26.4 Å². The fraction of sp³-hybridized carbons (Fsp3) is 0.206. The molecule has 13 nitrogen and oxygen atoms in total. The lowest BCUT2D eigenvalue weighted by Gasteiger charge is -2.21. The normalized spacial score (nSPS) is 13.9. The Kier molecular flexibility index (Phi) is 8.57. The minimum atomic E-state index is -4.44. The number of hydrogen-bond donors (Lipinski definition) is 3. The highest BCUT2D eigenvalue weighted by Gasteiger charge is 2.31. The summed E-state index contributed by atoms with van der Waals surface area (Å²) in [4.78, 5) is 32.6. The zero-order chi connectivity index (χ0) is 35.9. The smallest absolute Gasteiger partial charge is 0.344 e. The van der Waals surface area contributed by atoms with Gasteiger partial charge >= 0.3 is 16.4 Å². The fourth-order valence-electron chi connectivity index (χ4n) is 5.57. The summed E-state index contributed by atoms with van der Waals surface area (Å²) in [5.41, 5.74) is 1.00. The number of carbonyl (C=O) groups is 1. The fourth-order valence-corrected chi connectivity index (χ4v) is 6.70. The quantitative estimate of drug-likeness (QED) is 0.190. The maximum absolute atomic E-state index is 14.4. The van der Waals surface area contributed by atoms with Crippen LogP contribution in [0.4, 0.5) is 19.0 Å². The van der Waals surface area contributed by atoms with Gasteiger partial charge in [-0.1, -0.05) is 42.2 Å². The number of hydrogen-bond acceptors (Lipinski definition) is 7. The van der Waals surface area contributed by atoms with E-state index >= 15 is 0 Å². The highest BCUT2D eigenvalue weighted by molar-refractivity contribution is 7.90. The molecular weight excluding hydrogens is 687 g/mol. The van der Waals surface area contributed by atoms with Gasteiger partial charge in [-0.2, -0.15) is 31.4 Å². The monoisotopic (exact) mass is 715 g/mol. The number of aromatic nitrogens is 6. The number of para-hydroxylation sites is 1. The van der Waals surface area contributed by atoms with Gasteiger partial charge in [-0.25, -0.2) is 9.50 Å². The summed E-state index contributed by atoms with van der Waals surface area (Å²) >= 11 is 0. The molecule has 1 saturated carbocycles. The number of nitrogens with one attached hydrogen (secondary N) is 3. The summed E-state index contributed by atoms with van der Waals surface area (Å²) in [7, 11) is -4.05. The molecule has 1 amide bonds. The SMILES string of the molecule is C[C@@H](NC(=O)c1c(NS(=O)(=O)NC2CC2)nn2cccnc12)c1cc2cccc(C#Cc3cnn(CC(F)(F)F)c3)c2c(=O)n1-c1ccccc1. The highest BCUT2D eigenvalue weighted by Crippen LogP contribution is 2.26. The van der Waals surface area contributed by atoms with Crippen molar-refractivity contribution in [3.8, 4) is 17.5 Å². The number of halogens is 3. The van der Waals surface area contributed by atoms with Gasteiger partial charge in [0.1, 0.15) is 12.1 Å². The van der Waals surface area contributed by atoms with Crippen molar-refractivity contribution in [3.05, 3.63) is 118 Å². The topological polar surface area (TPSA) is 157 Å². The van der Waals surface area contributed by atoms with Crippen LogP contribution in [0.15, 0.2) is 90.2 Å². The van der Waals surface area contributed by atoms with Crippen LogP contribution < -0.4 is 20.3 Å². The molecule has 0 bridgehead atoms. The molecule has 17 heteroatoms. The summed E-state index contributed by atoms with van der Waals surface area (Å²) in [6, 6.07) is 16.1. The van der Waals surface area contributed by atoms with Crippen LogP contribution in [-0.4, -0.2) is 55.5 Å². The Labute approximate surface area is 288 Å². The van der Waals surface area contributed by atoms with Crippen molar-refractivity contribution in [3.63, 3.8) is 0 Å². The molecule has 0 saturated heterocycles. The van der Waals surface area contributed by atoms with E-state index in [0.717, 1.165) is 4.68 Å². The Morgan fingerprint density at radius 1 is 1.08 bits per heavy atom. The largest absolute Gasteiger partial charge is 0.408 e. The van der Waals surface area contributed by atoms with E-state index in [4.69, 9.17) is 0 Å². The molecule has 6 aromatic rings. The molecule has 260 valence electrons. The van der Waals surface area contributed by atoms with E-state index in [1.165, 1.54) is 33.9 Å². The van der Waals surface area contributed by atoms with Gasteiger partial charge in [0.15, 0.2) is 11.5 Å². The summed E-state index contributed by atoms with van der Waals surface area (Å²) in [5.74, 6) is 4.79. The Balaban J connectivity index is 1.27. The van der Waals surface area contributed by atoms with Crippen molar-refractivity contribution >= 4 is 38.4 Å². The molecule has 1 aliphatic carbocycles. The van der Waals surface area contributed by atoms with E-state index in [0.29, 0.717) is 35.2 Å². The number of benzene rings is 2. The standard InChI is InChI=1S/C34H28F3N9O4S/c1-21(40-32(47)29-30(41-45-16-6-15-38-31(29)45)43-51(49,50)42-25-13-14-25)27-17-24-8-5-7-23(12-11-22-18-39-44(19-22)20-34(35,36)37)28(24)33(48)46(27)26-9-3-2-4-10-26/h2-10,15-19,21,25,42H,13-14,20H2,1H3,(H,40,47)(H,41,43)/t21-/m1/s1. The predicted octanol–water partition coefficient (Wildman–Crippen LogP) is 4.09. The molecule has 1 fully saturated rings. The number of amides is 1. The van der Waals surface area contributed by atoms with Gasteiger partial charge in [-0.3, -0.25) is 23.6 Å². The van der Waals surface area contributed by atoms with Crippen LogP contribution in [0.2, 0.25) is 0 Å². The second-order valence-electron chi connectivity index (χ2n) is 11.9. The third-order valence-electron chi connectivity index (χ3n) is 7.95. The van der Waals surface area contributed by atoms with E-state index in [1.54, 1.807) is 67.6 Å². The molecular formula is C34H28F3N9O4S. The van der Waals surface area contributed by atoms with Gasteiger partial charge in [0, 0.05) is 41.6 Å². The van der Waals surface area contributed by atoms with Crippen molar-refractivity contribution in [1.82, 2.24) is 39.0 Å². The third kappa shape index (κ3) is 7.32. The first-order valence-corrected chi connectivity index (χ1v) is 17.1. The van der Waals surface area contributed by atoms with Crippen LogP contribution in [0.1, 0.15) is 53.0 Å². The number of anilines is 1. The summed E-state index contributed by atoms with van der Waals surface area (Å²) < 4.78 is 72.4. The molecule has 0 radical (unpaired) electrons. The van der Waals surface area contributed by atoms with Crippen LogP contribution >= 0.6 is 0 Å². The van der Waals surface area contributed by atoms with Crippen LogP contribution in [-0.2, 0) is 16.8 Å². The molecule has 3 N–H and O–H groups in total. The first-order valence-electron chi connectivity index (χ1n) is 15.6. The average Bonchev–Trinajstić information content (AvgIpc) is 3.64. The second-order valence-corrected chi connectivity index (χ2v) is 13.4. The molecule has 0 aliphatic heterocycles. The van der Waals surface area contributed by atoms with Crippen LogP contribution in [0.25, 0.3) is 22.1 Å². The second kappa shape index (κ2) is 13.0. The van der Waals surface area contributed by atoms with Gasteiger partial charge < -0.3 is 5.32 Å². The van der Waals surface area contributed by atoms with Crippen molar-refractivity contribution in [2.24, 2.45) is 0 Å². The minimum absolute atomic E-state index is 0.109. The molecule has 4 aromatic heterocycles. The number of nitrogens with zero attached hydrogens (tertiary/aromatic N) is 6. The third-order valence-corrected chi connectivity index (χ3v) is 9.06. The maximum atomic E-state index is 14.4. The Morgan fingerprint density at radius 2 is 1.86 bits per heavy atom. The number of alkyl halides is 3. The number of carbonyl (C=O) groups excluding carboxylic acids is 1. The van der Waals surface area contributed by atoms with Crippen LogP contribution in [0.5, 0.6) is 0 Å². The molecule has 7 rings (SSSR count). The zero-order valence-corrected chi connectivity index (χ0v) is 27.5. The number of pyridine rings is 1.